The summed E-state index contributed by atoms with van der Waals surface area (Å²) in [7, 11) is 0. The van der Waals surface area contributed by atoms with Gasteiger partial charge in [0, 0.05) is 94.1 Å². The molecule has 19 aromatic rings. The third-order valence-corrected chi connectivity index (χ3v) is 29.3. The second-order valence-electron chi connectivity index (χ2n) is 37.9. The molecule has 0 atom stereocenters. The van der Waals surface area contributed by atoms with Crippen molar-refractivity contribution < 1.29 is 0 Å². The van der Waals surface area contributed by atoms with E-state index in [0.717, 1.165) is 68.0 Å². The largest absolute Gasteiger partial charge is 0.310 e. The lowest BCUT2D eigenvalue weighted by atomic mass is 9.78. The number of hydrogen-bond acceptors (Lipinski definition) is 4. The zero-order valence-electron chi connectivity index (χ0n) is 72.2. The fourth-order valence-corrected chi connectivity index (χ4v) is 22.9. The van der Waals surface area contributed by atoms with Crippen molar-refractivity contribution in [2.75, 3.05) is 19.6 Å². The Morgan fingerprint density at radius 1 is 0.152 bits per heavy atom. The van der Waals surface area contributed by atoms with Crippen molar-refractivity contribution in [2.24, 2.45) is 0 Å². The molecule has 0 fully saturated rings. The third kappa shape index (κ3) is 11.0. The minimum absolute atomic E-state index is 0.280. The third-order valence-electron chi connectivity index (χ3n) is 29.3. The van der Waals surface area contributed by atoms with E-state index in [1.807, 2.05) is 0 Å². The molecule has 24 rings (SSSR count). The van der Waals surface area contributed by atoms with E-state index in [4.69, 9.17) is 0 Å². The van der Waals surface area contributed by atoms with Crippen LogP contribution in [-0.4, -0.2) is 0 Å². The summed E-state index contributed by atoms with van der Waals surface area (Å²) in [6.45, 7) is 24.6. The number of fused-ring (bicyclic) bond motifs is 21. The molecule has 0 aliphatic heterocycles. The van der Waals surface area contributed by atoms with Gasteiger partial charge in [0.15, 0.2) is 0 Å². The zero-order valence-corrected chi connectivity index (χ0v) is 72.2. The normalized spacial score (nSPS) is 14.8. The Kier molecular flexibility index (Phi) is 16.2. The molecule has 0 bridgehead atoms. The van der Waals surface area contributed by atoms with Crippen LogP contribution in [0.1, 0.15) is 125 Å². The number of benzene rings is 19. The minimum atomic E-state index is -0.405. The summed E-state index contributed by atoms with van der Waals surface area (Å²) in [4.78, 5) is 9.92. The van der Waals surface area contributed by atoms with Crippen molar-refractivity contribution >= 4 is 111 Å². The summed E-state index contributed by atoms with van der Waals surface area (Å²) in [5, 5.41) is 9.78. The molecule has 0 saturated carbocycles. The van der Waals surface area contributed by atoms with Gasteiger partial charge in [-0.05, 0) is 308 Å². The zero-order chi connectivity index (χ0) is 84.3. The molecular formula is C121H94N4. The van der Waals surface area contributed by atoms with Crippen LogP contribution in [0.4, 0.5) is 68.2 Å². The van der Waals surface area contributed by atoms with E-state index >= 15 is 0 Å². The van der Waals surface area contributed by atoms with Gasteiger partial charge < -0.3 is 19.6 Å². The van der Waals surface area contributed by atoms with E-state index < -0.39 is 5.41 Å². The van der Waals surface area contributed by atoms with Crippen LogP contribution in [0, 0.1) is 0 Å². The highest BCUT2D eigenvalue weighted by Gasteiger charge is 2.48. The van der Waals surface area contributed by atoms with Crippen molar-refractivity contribution in [3.63, 3.8) is 0 Å². The van der Waals surface area contributed by atoms with Gasteiger partial charge in [0.25, 0.3) is 0 Å². The number of para-hydroxylation sites is 5. The summed E-state index contributed by atoms with van der Waals surface area (Å²) in [5.41, 5.74) is 41.1. The first-order valence-corrected chi connectivity index (χ1v) is 44.4. The average Bonchev–Trinajstić information content (AvgIpc) is 1.52. The van der Waals surface area contributed by atoms with Gasteiger partial charge in [-0.3, -0.25) is 0 Å². The molecule has 0 spiro atoms. The smallest absolute Gasteiger partial charge is 0.0543 e. The van der Waals surface area contributed by atoms with Gasteiger partial charge in [-0.1, -0.05) is 294 Å². The Balaban J connectivity index is 0.635. The van der Waals surface area contributed by atoms with Crippen LogP contribution in [-0.2, 0) is 27.1 Å². The molecule has 0 aromatic heterocycles. The van der Waals surface area contributed by atoms with Crippen LogP contribution < -0.4 is 19.6 Å². The SMILES string of the molecule is CC1(C)c2cc(N(c3ccccc3)c3cccc4ccccc34)ccc2-c2cc3c(cc21)-c1ccc(N(c2cccc(-c4ccc5c(N(c6ccccc6)c6ccccc6)cc6c(c5c4)-c4cc5c(cc4C6(C)C)-c4cc6c(cc4C5(C)C)-c4c(cc(N(c5ccccc5)c5ccccc5)c5ccccc45)C6(C)C)c2)c2cccc4ccccc24)cc1C3(C)C. The van der Waals surface area contributed by atoms with Crippen molar-refractivity contribution in [3.05, 3.63) is 444 Å². The summed E-state index contributed by atoms with van der Waals surface area (Å²) >= 11 is 0. The van der Waals surface area contributed by atoms with E-state index in [9.17, 15) is 0 Å². The Morgan fingerprint density at radius 3 is 0.856 bits per heavy atom. The molecule has 598 valence electrons. The summed E-state index contributed by atoms with van der Waals surface area (Å²) in [6, 6.07) is 147. The van der Waals surface area contributed by atoms with Crippen LogP contribution >= 0.6 is 0 Å². The predicted molar refractivity (Wildman–Crippen MR) is 528 cm³/mol. The van der Waals surface area contributed by atoms with Crippen LogP contribution in [0.2, 0.25) is 0 Å². The van der Waals surface area contributed by atoms with E-state index in [2.05, 4.69) is 477 Å². The highest BCUT2D eigenvalue weighted by Crippen LogP contribution is 2.65. The first kappa shape index (κ1) is 74.3. The lowest BCUT2D eigenvalue weighted by molar-refractivity contribution is 0.649. The molecule has 125 heavy (non-hydrogen) atoms. The average molecular weight is 1600 g/mol. The highest BCUT2D eigenvalue weighted by molar-refractivity contribution is 6.14. The molecule has 0 saturated heterocycles. The molecule has 5 aliphatic rings. The van der Waals surface area contributed by atoms with Crippen LogP contribution in [0.5, 0.6) is 0 Å². The minimum Gasteiger partial charge on any atom is -0.310 e. The predicted octanol–water partition coefficient (Wildman–Crippen LogP) is 33.4. The van der Waals surface area contributed by atoms with Gasteiger partial charge in [-0.2, -0.15) is 0 Å². The van der Waals surface area contributed by atoms with Gasteiger partial charge in [0.2, 0.25) is 0 Å². The molecule has 5 aliphatic carbocycles. The first-order chi connectivity index (χ1) is 60.8. The molecule has 0 amide bonds. The Hall–Kier alpha value is -14.6. The molecular weight excluding hydrogens is 1510 g/mol. The van der Waals surface area contributed by atoms with Crippen molar-refractivity contribution in [1.82, 2.24) is 0 Å². The summed E-state index contributed by atoms with van der Waals surface area (Å²) in [5.74, 6) is 0. The van der Waals surface area contributed by atoms with Gasteiger partial charge in [0.05, 0.1) is 22.7 Å². The van der Waals surface area contributed by atoms with Gasteiger partial charge in [-0.15, -0.1) is 0 Å². The van der Waals surface area contributed by atoms with Gasteiger partial charge in [0.1, 0.15) is 0 Å². The van der Waals surface area contributed by atoms with Gasteiger partial charge in [-0.25, -0.2) is 0 Å². The van der Waals surface area contributed by atoms with Crippen molar-refractivity contribution in [2.45, 2.75) is 96.3 Å². The molecule has 0 unspecified atom stereocenters. The highest BCUT2D eigenvalue weighted by atomic mass is 15.2. The lowest BCUT2D eigenvalue weighted by Crippen LogP contribution is -2.18. The molecule has 4 nitrogen and oxygen atoms in total. The maximum absolute atomic E-state index is 2.64. The number of rotatable bonds is 13. The van der Waals surface area contributed by atoms with E-state index in [1.165, 1.54) is 166 Å². The monoisotopic (exact) mass is 1600 g/mol. The molecule has 0 heterocycles. The Labute approximate surface area is 732 Å². The summed E-state index contributed by atoms with van der Waals surface area (Å²) < 4.78 is 0. The van der Waals surface area contributed by atoms with E-state index in [1.54, 1.807) is 0 Å². The van der Waals surface area contributed by atoms with Crippen molar-refractivity contribution in [1.29, 1.82) is 0 Å². The van der Waals surface area contributed by atoms with E-state index in [-0.39, 0.29) is 21.7 Å². The molecule has 19 aromatic carbocycles. The maximum atomic E-state index is 2.64. The fraction of sp³-hybridized carbons (Fsp3) is 0.124. The first-order valence-electron chi connectivity index (χ1n) is 44.4. The number of hydrogen-bond donors (Lipinski definition) is 0. The quantitative estimate of drug-likeness (QED) is 0.114. The second-order valence-corrected chi connectivity index (χ2v) is 37.9. The van der Waals surface area contributed by atoms with Crippen LogP contribution in [0.3, 0.4) is 0 Å². The topological polar surface area (TPSA) is 13.0 Å². The van der Waals surface area contributed by atoms with E-state index in [0.29, 0.717) is 0 Å². The Bertz CT molecular complexity index is 7660. The maximum Gasteiger partial charge on any atom is 0.0543 e. The lowest BCUT2D eigenvalue weighted by Gasteiger charge is -2.30. The number of anilines is 12. The fourth-order valence-electron chi connectivity index (χ4n) is 22.9. The standard InChI is InChI=1S/C121H94N4/c1-117(2)101-65-85(124(83-48-24-15-25-49-83)111-55-33-37-75-35-26-28-51-87(75)111)58-61-89(101)94-67-104-95(68-103(94)117)90-62-59-86(66-102(90)118(104,3)4)125(112-56-34-38-76-36-27-29-52-88(76)112)84-50-32-39-77(63-84)78-57-60-92-98(64-78)116-100-72-106-97(70-108(100)121(9,10)110(116)74-114(92)123(81-44-20-13-21-45-81)82-46-22-14-23-47-82)96-69-107-99(71-105(96)119(106,5)6)115-93-54-31-30-53-91(93)113(73-109(115)120(107,7)8)122(79-40-16-11-17-41-79)80-42-18-12-19-43-80/h11-74H,1-10H3. The summed E-state index contributed by atoms with van der Waals surface area (Å²) in [6.07, 6.45) is 0. The Morgan fingerprint density at radius 2 is 0.432 bits per heavy atom. The molecule has 0 N–H and O–H groups in total. The molecule has 0 radical (unpaired) electrons. The second kappa shape index (κ2) is 27.2. The number of nitrogens with zero attached hydrogens (tertiary/aromatic N) is 4. The van der Waals surface area contributed by atoms with Crippen molar-refractivity contribution in [3.8, 4) is 66.8 Å². The van der Waals surface area contributed by atoms with Crippen LogP contribution in [0.15, 0.2) is 388 Å². The van der Waals surface area contributed by atoms with Gasteiger partial charge >= 0.3 is 0 Å². The van der Waals surface area contributed by atoms with Crippen LogP contribution in [0.25, 0.3) is 110 Å². The molecule has 4 heteroatoms.